The second kappa shape index (κ2) is 5.48. The van der Waals surface area contributed by atoms with E-state index < -0.39 is 40.4 Å². The molecule has 0 aliphatic carbocycles. The number of thiophene rings is 1. The Morgan fingerprint density at radius 1 is 1.52 bits per heavy atom. The summed E-state index contributed by atoms with van der Waals surface area (Å²) in [5, 5.41) is 10.9. The molecule has 1 saturated heterocycles. The summed E-state index contributed by atoms with van der Waals surface area (Å²) in [6.45, 7) is 0.845. The number of sulfonamides is 1. The van der Waals surface area contributed by atoms with E-state index in [0.717, 1.165) is 21.7 Å². The third-order valence-electron chi connectivity index (χ3n) is 2.83. The van der Waals surface area contributed by atoms with Crippen molar-refractivity contribution in [1.29, 1.82) is 0 Å². The van der Waals surface area contributed by atoms with Crippen molar-refractivity contribution in [2.24, 2.45) is 0 Å². The average molecular weight is 397 g/mol. The lowest BCUT2D eigenvalue weighted by Gasteiger charge is -2.30. The van der Waals surface area contributed by atoms with Crippen molar-refractivity contribution in [1.82, 2.24) is 9.62 Å². The molecule has 2 rings (SSSR count). The number of piperazine rings is 1. The standard InChI is InChI=1S/C10H9BrN2O6S2/c1-4-9(15)12-7(14)3-13(4)21(18,19)6-2-5(10(16)17)20-8(6)11/h2,4H,3H2,1H3,(H,16,17)(H,12,14,15). The zero-order chi connectivity index (χ0) is 15.9. The first-order valence-corrected chi connectivity index (χ1v) is 8.57. The van der Waals surface area contributed by atoms with Crippen LogP contribution in [0.2, 0.25) is 0 Å². The number of amides is 2. The molecule has 0 bridgehead atoms. The minimum absolute atomic E-state index is 0.102. The molecule has 1 atom stereocenters. The Balaban J connectivity index is 2.48. The van der Waals surface area contributed by atoms with Crippen molar-refractivity contribution < 1.29 is 27.9 Å². The molecule has 2 N–H and O–H groups in total. The van der Waals surface area contributed by atoms with E-state index >= 15 is 0 Å². The first-order valence-electron chi connectivity index (χ1n) is 5.52. The van der Waals surface area contributed by atoms with Crippen LogP contribution in [-0.2, 0) is 19.6 Å². The number of carboxylic acids is 1. The molecule has 1 aliphatic heterocycles. The Morgan fingerprint density at radius 3 is 2.67 bits per heavy atom. The number of aromatic carboxylic acids is 1. The molecule has 0 spiro atoms. The van der Waals surface area contributed by atoms with Gasteiger partial charge in [0.15, 0.2) is 0 Å². The highest BCUT2D eigenvalue weighted by atomic mass is 79.9. The molecule has 2 amide bonds. The van der Waals surface area contributed by atoms with Gasteiger partial charge in [0, 0.05) is 0 Å². The van der Waals surface area contributed by atoms with Crippen LogP contribution in [0, 0.1) is 0 Å². The van der Waals surface area contributed by atoms with Crippen LogP contribution in [0.3, 0.4) is 0 Å². The van der Waals surface area contributed by atoms with Gasteiger partial charge in [-0.15, -0.1) is 11.3 Å². The number of hydrogen-bond acceptors (Lipinski definition) is 6. The minimum atomic E-state index is -4.17. The lowest BCUT2D eigenvalue weighted by Crippen LogP contribution is -2.58. The highest BCUT2D eigenvalue weighted by molar-refractivity contribution is 9.11. The first-order chi connectivity index (χ1) is 9.64. The Morgan fingerprint density at radius 2 is 2.14 bits per heavy atom. The summed E-state index contributed by atoms with van der Waals surface area (Å²) >= 11 is 3.74. The summed E-state index contributed by atoms with van der Waals surface area (Å²) < 4.78 is 25.9. The van der Waals surface area contributed by atoms with Gasteiger partial charge in [-0.25, -0.2) is 13.2 Å². The van der Waals surface area contributed by atoms with Crippen LogP contribution in [0.25, 0.3) is 0 Å². The van der Waals surface area contributed by atoms with Crippen molar-refractivity contribution in [3.8, 4) is 0 Å². The highest BCUT2D eigenvalue weighted by Crippen LogP contribution is 2.34. The zero-order valence-corrected chi connectivity index (χ0v) is 13.7. The van der Waals surface area contributed by atoms with Crippen LogP contribution in [0.4, 0.5) is 0 Å². The summed E-state index contributed by atoms with van der Waals surface area (Å²) in [4.78, 5) is 33.4. The van der Waals surface area contributed by atoms with E-state index in [1.54, 1.807) is 0 Å². The predicted molar refractivity (Wildman–Crippen MR) is 75.5 cm³/mol. The molecule has 11 heteroatoms. The van der Waals surface area contributed by atoms with Gasteiger partial charge in [0.05, 0.1) is 10.3 Å². The molecule has 1 fully saturated rings. The maximum atomic E-state index is 12.5. The van der Waals surface area contributed by atoms with Crippen molar-refractivity contribution in [3.05, 3.63) is 14.7 Å². The lowest BCUT2D eigenvalue weighted by molar-refractivity contribution is -0.136. The third kappa shape index (κ3) is 2.86. The molecule has 21 heavy (non-hydrogen) atoms. The van der Waals surface area contributed by atoms with E-state index in [1.165, 1.54) is 6.92 Å². The maximum Gasteiger partial charge on any atom is 0.345 e. The smallest absolute Gasteiger partial charge is 0.345 e. The number of nitrogens with one attached hydrogen (secondary N) is 1. The number of nitrogens with zero attached hydrogens (tertiary/aromatic N) is 1. The summed E-state index contributed by atoms with van der Waals surface area (Å²) in [5.74, 6) is -2.71. The monoisotopic (exact) mass is 396 g/mol. The van der Waals surface area contributed by atoms with Gasteiger partial charge in [-0.3, -0.25) is 14.9 Å². The van der Waals surface area contributed by atoms with Crippen LogP contribution in [0.5, 0.6) is 0 Å². The topological polar surface area (TPSA) is 121 Å². The van der Waals surface area contributed by atoms with Crippen LogP contribution in [0.15, 0.2) is 14.7 Å². The highest BCUT2D eigenvalue weighted by Gasteiger charge is 2.40. The molecule has 1 aromatic rings. The Labute approximate surface area is 131 Å². The Bertz CT molecular complexity index is 741. The summed E-state index contributed by atoms with van der Waals surface area (Å²) in [6, 6.07) is -0.0661. The van der Waals surface area contributed by atoms with E-state index in [1.807, 2.05) is 5.32 Å². The number of imide groups is 1. The van der Waals surface area contributed by atoms with Gasteiger partial charge in [0.1, 0.15) is 15.8 Å². The van der Waals surface area contributed by atoms with Gasteiger partial charge in [-0.2, -0.15) is 4.31 Å². The third-order valence-corrected chi connectivity index (χ3v) is 6.98. The van der Waals surface area contributed by atoms with Gasteiger partial charge in [-0.05, 0) is 28.9 Å². The fourth-order valence-electron chi connectivity index (χ4n) is 1.74. The van der Waals surface area contributed by atoms with Crippen molar-refractivity contribution in [2.75, 3.05) is 6.54 Å². The predicted octanol–water partition coefficient (Wildman–Crippen LogP) is 0.244. The zero-order valence-electron chi connectivity index (χ0n) is 10.5. The van der Waals surface area contributed by atoms with Gasteiger partial charge in [-0.1, -0.05) is 0 Å². The number of carboxylic acid groups (broad SMARTS) is 1. The average Bonchev–Trinajstić information content (AvgIpc) is 2.76. The number of halogens is 1. The van der Waals surface area contributed by atoms with E-state index in [9.17, 15) is 22.8 Å². The maximum absolute atomic E-state index is 12.5. The van der Waals surface area contributed by atoms with E-state index in [2.05, 4.69) is 15.9 Å². The molecule has 0 saturated carbocycles. The minimum Gasteiger partial charge on any atom is -0.477 e. The molecule has 0 radical (unpaired) electrons. The van der Waals surface area contributed by atoms with Gasteiger partial charge in [0.2, 0.25) is 21.8 Å². The number of hydrogen-bond donors (Lipinski definition) is 2. The molecule has 0 aromatic carbocycles. The fraction of sp³-hybridized carbons (Fsp3) is 0.300. The van der Waals surface area contributed by atoms with Crippen LogP contribution in [-0.4, -0.2) is 48.2 Å². The lowest BCUT2D eigenvalue weighted by atomic mass is 10.2. The SMILES string of the molecule is CC1C(=O)NC(=O)CN1S(=O)(=O)c1cc(C(=O)O)sc1Br. The number of carbonyl (C=O) groups excluding carboxylic acids is 2. The van der Waals surface area contributed by atoms with E-state index in [-0.39, 0.29) is 13.6 Å². The molecular formula is C10H9BrN2O6S2. The molecule has 1 aliphatic rings. The van der Waals surface area contributed by atoms with Crippen LogP contribution < -0.4 is 5.32 Å². The van der Waals surface area contributed by atoms with Crippen molar-refractivity contribution in [2.45, 2.75) is 17.9 Å². The number of carbonyl (C=O) groups is 3. The second-order valence-electron chi connectivity index (χ2n) is 4.19. The van der Waals surface area contributed by atoms with Crippen LogP contribution in [0.1, 0.15) is 16.6 Å². The first kappa shape index (κ1) is 16.1. The Hall–Kier alpha value is -1.30. The van der Waals surface area contributed by atoms with Crippen LogP contribution >= 0.6 is 27.3 Å². The normalized spacial score (nSPS) is 20.4. The molecule has 1 aromatic heterocycles. The molecule has 8 nitrogen and oxygen atoms in total. The molecule has 2 heterocycles. The molecule has 1 unspecified atom stereocenters. The van der Waals surface area contributed by atoms with E-state index in [0.29, 0.717) is 0 Å². The second-order valence-corrected chi connectivity index (χ2v) is 8.42. The molecular weight excluding hydrogens is 388 g/mol. The Kier molecular flexibility index (Phi) is 4.19. The quantitative estimate of drug-likeness (QED) is 0.706. The number of rotatable bonds is 3. The summed E-state index contributed by atoms with van der Waals surface area (Å²) in [5.41, 5.74) is 0. The fourth-order valence-corrected chi connectivity index (χ4v) is 5.65. The summed E-state index contributed by atoms with van der Waals surface area (Å²) in [7, 11) is -4.17. The summed E-state index contributed by atoms with van der Waals surface area (Å²) in [6.07, 6.45) is 0. The van der Waals surface area contributed by atoms with Crippen molar-refractivity contribution >= 4 is 55.1 Å². The van der Waals surface area contributed by atoms with Gasteiger partial charge in [0.25, 0.3) is 0 Å². The van der Waals surface area contributed by atoms with Gasteiger partial charge < -0.3 is 5.11 Å². The molecule has 114 valence electrons. The van der Waals surface area contributed by atoms with Gasteiger partial charge >= 0.3 is 5.97 Å². The largest absolute Gasteiger partial charge is 0.477 e. The van der Waals surface area contributed by atoms with Crippen molar-refractivity contribution in [3.63, 3.8) is 0 Å². The van der Waals surface area contributed by atoms with E-state index in [4.69, 9.17) is 5.11 Å².